The number of benzene rings is 3. The van der Waals surface area contributed by atoms with Crippen LogP contribution in [0, 0.1) is 17.9 Å². The van der Waals surface area contributed by atoms with Crippen molar-refractivity contribution in [2.24, 2.45) is 11.8 Å². The average molecular weight is 933 g/mol. The van der Waals surface area contributed by atoms with E-state index in [1.807, 2.05) is 33.9 Å². The van der Waals surface area contributed by atoms with Crippen molar-refractivity contribution in [2.45, 2.75) is 117 Å². The van der Waals surface area contributed by atoms with Crippen LogP contribution in [-0.2, 0) is 29.8 Å². The van der Waals surface area contributed by atoms with Gasteiger partial charge in [-0.3, -0.25) is 9.78 Å². The van der Waals surface area contributed by atoms with Crippen LogP contribution in [0.4, 0.5) is 4.39 Å². The summed E-state index contributed by atoms with van der Waals surface area (Å²) in [5.74, 6) is 0.934. The number of halogens is 1. The fraction of sp³-hybridized carbons (Fsp3) is 0.455. The Morgan fingerprint density at radius 1 is 0.846 bits per heavy atom. The monoisotopic (exact) mass is 933 g/mol. The predicted octanol–water partition coefficient (Wildman–Crippen LogP) is 14.0. The van der Waals surface area contributed by atoms with E-state index in [0.717, 1.165) is 68.1 Å². The summed E-state index contributed by atoms with van der Waals surface area (Å²) >= 11 is 1.71. The number of aliphatic hydroxyl groups excluding tert-OH is 1. The van der Waals surface area contributed by atoms with Crippen LogP contribution in [0.25, 0.3) is 42.2 Å². The van der Waals surface area contributed by atoms with E-state index in [-0.39, 0.29) is 43.5 Å². The molecular formula is C44H59FIrNO2SSi2-. The zero-order valence-corrected chi connectivity index (χ0v) is 38.5. The van der Waals surface area contributed by atoms with Gasteiger partial charge in [0, 0.05) is 64.7 Å². The minimum atomic E-state index is -2.20. The van der Waals surface area contributed by atoms with Crippen LogP contribution in [0.15, 0.2) is 72.6 Å². The molecule has 0 fully saturated rings. The molecule has 2 aromatic heterocycles. The molecule has 5 aromatic rings. The van der Waals surface area contributed by atoms with E-state index in [0.29, 0.717) is 5.92 Å². The summed E-state index contributed by atoms with van der Waals surface area (Å²) in [7, 11) is -4.40. The van der Waals surface area contributed by atoms with Gasteiger partial charge < -0.3 is 5.11 Å². The third-order valence-electron chi connectivity index (χ3n) is 10.6. The Morgan fingerprint density at radius 2 is 1.40 bits per heavy atom. The standard InChI is InChI=1S/C31H35FNSSi2.C13H24O2.Ir/c1-20(2)26-19-22(18-21-12-9-10-13-23(21)26)28-30-25(16-17-33-28)24-14-11-15-27(29(24)34-30)31(32,35(3,4)5)36(6,7)8;1-5-10(6-2)12(14)9-13(15)11(7-3)8-4;/h9-17,19-20H,1-8H3;9-11,14H,5-8H2,1-4H3;/q-1;;/b;12-9-;. The minimum absolute atomic E-state index is 0. The number of hydrogen-bond donors (Lipinski definition) is 1. The van der Waals surface area contributed by atoms with Crippen LogP contribution < -0.4 is 0 Å². The van der Waals surface area contributed by atoms with Crippen molar-refractivity contribution in [1.29, 1.82) is 0 Å². The van der Waals surface area contributed by atoms with Gasteiger partial charge in [-0.2, -0.15) is 0 Å². The Labute approximate surface area is 331 Å². The zero-order valence-electron chi connectivity index (χ0n) is 33.3. The van der Waals surface area contributed by atoms with Crippen molar-refractivity contribution in [3.8, 4) is 11.3 Å². The molecule has 1 N–H and O–H groups in total. The molecule has 283 valence electrons. The van der Waals surface area contributed by atoms with Gasteiger partial charge >= 0.3 is 0 Å². The maximum Gasteiger partial charge on any atom is 0.162 e. The number of alkyl halides is 1. The summed E-state index contributed by atoms with van der Waals surface area (Å²) in [6.45, 7) is 25.6. The third kappa shape index (κ3) is 8.73. The number of thiophene rings is 1. The summed E-state index contributed by atoms with van der Waals surface area (Å²) in [4.78, 5) is 15.3. The topological polar surface area (TPSA) is 50.2 Å². The van der Waals surface area contributed by atoms with Crippen LogP contribution in [0.5, 0.6) is 0 Å². The van der Waals surface area contributed by atoms with Crippen LogP contribution in [0.3, 0.4) is 0 Å². The van der Waals surface area contributed by atoms with E-state index in [1.165, 1.54) is 17.0 Å². The molecule has 3 nitrogen and oxygen atoms in total. The molecule has 0 bridgehead atoms. The first-order valence-corrected chi connectivity index (χ1v) is 26.7. The van der Waals surface area contributed by atoms with E-state index in [4.69, 9.17) is 4.98 Å². The number of fused-ring (bicyclic) bond motifs is 4. The Balaban J connectivity index is 0.000000389. The van der Waals surface area contributed by atoms with Crippen molar-refractivity contribution >= 4 is 64.2 Å². The fourth-order valence-corrected chi connectivity index (χ4v) is 20.3. The molecule has 3 aromatic carbocycles. The number of carbonyl (C=O) groups is 1. The minimum Gasteiger partial charge on any atom is -0.512 e. The molecule has 1 radical (unpaired) electrons. The summed E-state index contributed by atoms with van der Waals surface area (Å²) in [5.41, 5.74) is 4.16. The summed E-state index contributed by atoms with van der Waals surface area (Å²) < 4.78 is 19.6. The molecule has 0 amide bonds. The van der Waals surface area contributed by atoms with Gasteiger partial charge in [-0.1, -0.05) is 128 Å². The summed E-state index contributed by atoms with van der Waals surface area (Å²) in [6.07, 6.45) is 6.80. The van der Waals surface area contributed by atoms with Crippen molar-refractivity contribution < 1.29 is 34.4 Å². The van der Waals surface area contributed by atoms with Crippen molar-refractivity contribution in [3.05, 3.63) is 89.8 Å². The van der Waals surface area contributed by atoms with Gasteiger partial charge in [0.1, 0.15) is 4.92 Å². The molecule has 0 aliphatic rings. The van der Waals surface area contributed by atoms with Gasteiger partial charge in [-0.05, 0) is 48.6 Å². The van der Waals surface area contributed by atoms with E-state index in [1.54, 1.807) is 11.3 Å². The van der Waals surface area contributed by atoms with Gasteiger partial charge in [0.15, 0.2) is 5.78 Å². The van der Waals surface area contributed by atoms with E-state index < -0.39 is 21.1 Å². The number of rotatable bonds is 12. The second-order valence-electron chi connectivity index (χ2n) is 16.3. The quantitative estimate of drug-likeness (QED) is 0.0587. The van der Waals surface area contributed by atoms with Crippen LogP contribution in [0.2, 0.25) is 39.3 Å². The van der Waals surface area contributed by atoms with Crippen molar-refractivity contribution in [2.75, 3.05) is 0 Å². The van der Waals surface area contributed by atoms with Crippen LogP contribution in [0.1, 0.15) is 84.3 Å². The molecular weight excluding hydrogens is 874 g/mol. The zero-order chi connectivity index (χ0) is 37.9. The number of pyridine rings is 1. The Hall–Kier alpha value is -2.49. The third-order valence-corrected chi connectivity index (χ3v) is 21.1. The predicted molar refractivity (Wildman–Crippen MR) is 226 cm³/mol. The second kappa shape index (κ2) is 17.8. The average Bonchev–Trinajstić information content (AvgIpc) is 3.47. The molecule has 0 saturated heterocycles. The van der Waals surface area contributed by atoms with Gasteiger partial charge in [0.05, 0.1) is 21.9 Å². The number of aromatic nitrogens is 1. The van der Waals surface area contributed by atoms with Gasteiger partial charge in [-0.15, -0.1) is 40.5 Å². The first-order chi connectivity index (χ1) is 23.9. The maximum absolute atomic E-state index is 17.4. The number of hydrogen-bond acceptors (Lipinski definition) is 4. The molecule has 0 atom stereocenters. The van der Waals surface area contributed by atoms with Gasteiger partial charge in [-0.25, -0.2) is 4.39 Å². The molecule has 0 unspecified atom stereocenters. The van der Waals surface area contributed by atoms with E-state index in [9.17, 15) is 9.90 Å². The number of allylic oxidation sites excluding steroid dienone is 2. The first kappa shape index (κ1) is 43.9. The number of carbonyl (C=O) groups excluding carboxylic acids is 1. The van der Waals surface area contributed by atoms with Crippen LogP contribution in [-0.4, -0.2) is 32.0 Å². The molecule has 0 spiro atoms. The first-order valence-electron chi connectivity index (χ1n) is 18.8. The maximum atomic E-state index is 17.4. The summed E-state index contributed by atoms with van der Waals surface area (Å²) in [5, 5.41) is 14.4. The number of ketones is 1. The number of aliphatic hydroxyl groups is 1. The van der Waals surface area contributed by atoms with Crippen molar-refractivity contribution in [3.63, 3.8) is 0 Å². The van der Waals surface area contributed by atoms with Gasteiger partial charge in [0.25, 0.3) is 0 Å². The molecule has 0 aliphatic heterocycles. The van der Waals surface area contributed by atoms with E-state index in [2.05, 4.69) is 114 Å². The molecule has 0 saturated carbocycles. The van der Waals surface area contributed by atoms with Crippen molar-refractivity contribution in [1.82, 2.24) is 4.98 Å². The number of nitrogens with zero attached hydrogens (tertiary/aromatic N) is 1. The Kier molecular flexibility index (Phi) is 15.0. The summed E-state index contributed by atoms with van der Waals surface area (Å²) in [6, 6.07) is 22.7. The SMILES string of the molecule is CC(C)c1cc(-c2nccc3c2sc2c(C(F)([Si](C)(C)C)[Si](C)(C)C)cccc23)[c-]c2ccccc12.CCC(CC)C(=O)/C=C(\O)C(CC)CC.[Ir]. The largest absolute Gasteiger partial charge is 0.512 e. The van der Waals surface area contributed by atoms with Crippen LogP contribution >= 0.6 is 11.3 Å². The fourth-order valence-electron chi connectivity index (χ4n) is 7.76. The Bertz CT molecular complexity index is 2000. The molecule has 5 rings (SSSR count). The second-order valence-corrected chi connectivity index (χ2v) is 28.2. The normalized spacial score (nSPS) is 12.9. The molecule has 0 aliphatic carbocycles. The van der Waals surface area contributed by atoms with E-state index >= 15 is 4.39 Å². The molecule has 52 heavy (non-hydrogen) atoms. The molecule has 8 heteroatoms. The smallest absolute Gasteiger partial charge is 0.162 e. The Morgan fingerprint density at radius 3 is 1.96 bits per heavy atom. The molecule has 2 heterocycles. The van der Waals surface area contributed by atoms with Gasteiger partial charge in [0.2, 0.25) is 0 Å².